The molecule has 0 aliphatic heterocycles. The summed E-state index contributed by atoms with van der Waals surface area (Å²) >= 11 is 1.24. The van der Waals surface area contributed by atoms with Gasteiger partial charge in [0.1, 0.15) is 5.82 Å². The van der Waals surface area contributed by atoms with Crippen molar-refractivity contribution in [1.82, 2.24) is 4.72 Å². The number of thiophene rings is 1. The zero-order chi connectivity index (χ0) is 15.6. The predicted octanol–water partition coefficient (Wildman–Crippen LogP) is 2.73. The van der Waals surface area contributed by atoms with Crippen LogP contribution in [-0.2, 0) is 16.6 Å². The van der Waals surface area contributed by atoms with E-state index in [4.69, 9.17) is 5.11 Å². The van der Waals surface area contributed by atoms with Gasteiger partial charge in [-0.2, -0.15) is 0 Å². The number of sulfonamides is 1. The fourth-order valence-corrected chi connectivity index (χ4v) is 4.74. The van der Waals surface area contributed by atoms with Crippen molar-refractivity contribution in [2.75, 3.05) is 0 Å². The van der Waals surface area contributed by atoms with E-state index in [1.165, 1.54) is 35.6 Å². The highest BCUT2D eigenvalue weighted by molar-refractivity contribution is 7.89. The van der Waals surface area contributed by atoms with Crippen molar-refractivity contribution in [3.63, 3.8) is 0 Å². The van der Waals surface area contributed by atoms with E-state index in [0.717, 1.165) is 0 Å². The standard InChI is InChI=1S/C14H16FNO3S2/c1-9(11-4-3-5-12(15)6-11)16-21(18,19)14-7-13(8-17)20-10(14)2/h3-7,9,16-17H,8H2,1-2H3. The van der Waals surface area contributed by atoms with E-state index < -0.39 is 21.9 Å². The number of hydrogen-bond donors (Lipinski definition) is 2. The van der Waals surface area contributed by atoms with Crippen LogP contribution in [-0.4, -0.2) is 13.5 Å². The summed E-state index contributed by atoms with van der Waals surface area (Å²) < 4.78 is 40.5. The molecule has 1 heterocycles. The average Bonchev–Trinajstić information content (AvgIpc) is 2.80. The minimum atomic E-state index is -3.71. The Kier molecular flexibility index (Phi) is 4.77. The lowest BCUT2D eigenvalue weighted by Gasteiger charge is -2.14. The lowest BCUT2D eigenvalue weighted by atomic mass is 10.1. The van der Waals surface area contributed by atoms with E-state index >= 15 is 0 Å². The minimum Gasteiger partial charge on any atom is -0.391 e. The molecule has 2 aromatic rings. The summed E-state index contributed by atoms with van der Waals surface area (Å²) in [5, 5.41) is 9.09. The van der Waals surface area contributed by atoms with Gasteiger partial charge in [0.15, 0.2) is 0 Å². The largest absolute Gasteiger partial charge is 0.391 e. The van der Waals surface area contributed by atoms with Gasteiger partial charge in [0.25, 0.3) is 0 Å². The molecule has 1 aromatic heterocycles. The second-order valence-electron chi connectivity index (χ2n) is 4.69. The molecular weight excluding hydrogens is 313 g/mol. The third-order valence-electron chi connectivity index (χ3n) is 3.05. The molecule has 0 saturated carbocycles. The van der Waals surface area contributed by atoms with Crippen molar-refractivity contribution < 1.29 is 17.9 Å². The smallest absolute Gasteiger partial charge is 0.242 e. The molecule has 2 N–H and O–H groups in total. The lowest BCUT2D eigenvalue weighted by molar-refractivity contribution is 0.285. The first-order chi connectivity index (χ1) is 9.83. The van der Waals surface area contributed by atoms with Crippen LogP contribution in [0.15, 0.2) is 35.2 Å². The zero-order valence-corrected chi connectivity index (χ0v) is 13.3. The van der Waals surface area contributed by atoms with Crippen LogP contribution in [0.3, 0.4) is 0 Å². The van der Waals surface area contributed by atoms with Gasteiger partial charge < -0.3 is 5.11 Å². The van der Waals surface area contributed by atoms with Crippen LogP contribution in [0.5, 0.6) is 0 Å². The first kappa shape index (κ1) is 16.1. The Morgan fingerprint density at radius 2 is 2.10 bits per heavy atom. The van der Waals surface area contributed by atoms with Gasteiger partial charge in [0.05, 0.1) is 11.5 Å². The number of halogens is 1. The van der Waals surface area contributed by atoms with Crippen LogP contribution in [0.25, 0.3) is 0 Å². The highest BCUT2D eigenvalue weighted by Gasteiger charge is 2.22. The van der Waals surface area contributed by atoms with E-state index in [2.05, 4.69) is 4.72 Å². The Morgan fingerprint density at radius 3 is 2.67 bits per heavy atom. The highest BCUT2D eigenvalue weighted by Crippen LogP contribution is 2.27. The molecule has 0 saturated heterocycles. The zero-order valence-electron chi connectivity index (χ0n) is 11.6. The summed E-state index contributed by atoms with van der Waals surface area (Å²) in [7, 11) is -3.71. The summed E-state index contributed by atoms with van der Waals surface area (Å²) in [6.45, 7) is 3.15. The second kappa shape index (κ2) is 6.23. The van der Waals surface area contributed by atoms with E-state index in [9.17, 15) is 12.8 Å². The topological polar surface area (TPSA) is 66.4 Å². The average molecular weight is 329 g/mol. The van der Waals surface area contributed by atoms with Gasteiger partial charge in [-0.25, -0.2) is 17.5 Å². The minimum absolute atomic E-state index is 0.153. The van der Waals surface area contributed by atoms with Gasteiger partial charge in [-0.15, -0.1) is 11.3 Å². The molecule has 4 nitrogen and oxygen atoms in total. The van der Waals surface area contributed by atoms with Gasteiger partial charge in [0, 0.05) is 15.8 Å². The molecule has 1 unspecified atom stereocenters. The fraction of sp³-hybridized carbons (Fsp3) is 0.286. The van der Waals surface area contributed by atoms with Crippen LogP contribution in [0.4, 0.5) is 4.39 Å². The predicted molar refractivity (Wildman–Crippen MR) is 80.1 cm³/mol. The van der Waals surface area contributed by atoms with Crippen LogP contribution < -0.4 is 4.72 Å². The molecule has 0 spiro atoms. The Bertz CT molecular complexity index is 740. The number of rotatable bonds is 5. The number of benzene rings is 1. The normalized spacial score (nSPS) is 13.3. The van der Waals surface area contributed by atoms with Gasteiger partial charge in [-0.05, 0) is 37.6 Å². The Labute approximate surface area is 127 Å². The van der Waals surface area contributed by atoms with Gasteiger partial charge in [-0.1, -0.05) is 12.1 Å². The fourth-order valence-electron chi connectivity index (χ4n) is 2.01. The van der Waals surface area contributed by atoms with Crippen molar-refractivity contribution in [2.24, 2.45) is 0 Å². The third kappa shape index (κ3) is 3.68. The SMILES string of the molecule is Cc1sc(CO)cc1S(=O)(=O)NC(C)c1cccc(F)c1. The van der Waals surface area contributed by atoms with Gasteiger partial charge in [0.2, 0.25) is 10.0 Å². The maximum atomic E-state index is 13.2. The number of hydrogen-bond acceptors (Lipinski definition) is 4. The molecule has 0 radical (unpaired) electrons. The number of aliphatic hydroxyl groups excluding tert-OH is 1. The summed E-state index contributed by atoms with van der Waals surface area (Å²) in [6, 6.07) is 6.71. The van der Waals surface area contributed by atoms with Crippen molar-refractivity contribution in [1.29, 1.82) is 0 Å². The quantitative estimate of drug-likeness (QED) is 0.886. The first-order valence-electron chi connectivity index (χ1n) is 6.31. The van der Waals surface area contributed by atoms with Crippen molar-refractivity contribution >= 4 is 21.4 Å². The summed E-state index contributed by atoms with van der Waals surface area (Å²) in [5.74, 6) is -0.409. The molecule has 7 heteroatoms. The van der Waals surface area contributed by atoms with E-state index in [1.54, 1.807) is 19.9 Å². The Hall–Kier alpha value is -1.28. The maximum absolute atomic E-state index is 13.2. The Morgan fingerprint density at radius 1 is 1.38 bits per heavy atom. The number of aryl methyl sites for hydroxylation is 1. The van der Waals surface area contributed by atoms with Crippen LogP contribution in [0, 0.1) is 12.7 Å². The molecule has 114 valence electrons. The molecular formula is C14H16FNO3S2. The molecule has 0 aliphatic carbocycles. The third-order valence-corrected chi connectivity index (χ3v) is 5.88. The van der Waals surface area contributed by atoms with E-state index in [-0.39, 0.29) is 11.5 Å². The lowest BCUT2D eigenvalue weighted by Crippen LogP contribution is -2.27. The molecule has 0 fully saturated rings. The molecule has 0 amide bonds. The molecule has 21 heavy (non-hydrogen) atoms. The molecule has 2 rings (SSSR count). The molecule has 0 aliphatic rings. The first-order valence-corrected chi connectivity index (χ1v) is 8.61. The van der Waals surface area contributed by atoms with Crippen molar-refractivity contribution in [3.05, 3.63) is 51.5 Å². The van der Waals surface area contributed by atoms with Gasteiger partial charge >= 0.3 is 0 Å². The summed E-state index contributed by atoms with van der Waals surface area (Å²) in [4.78, 5) is 1.35. The van der Waals surface area contributed by atoms with E-state index in [1.807, 2.05) is 0 Å². The Balaban J connectivity index is 2.26. The highest BCUT2D eigenvalue weighted by atomic mass is 32.2. The second-order valence-corrected chi connectivity index (χ2v) is 7.71. The van der Waals surface area contributed by atoms with Gasteiger partial charge in [-0.3, -0.25) is 0 Å². The monoisotopic (exact) mass is 329 g/mol. The number of nitrogens with one attached hydrogen (secondary N) is 1. The van der Waals surface area contributed by atoms with Crippen LogP contribution >= 0.6 is 11.3 Å². The van der Waals surface area contributed by atoms with Crippen molar-refractivity contribution in [3.8, 4) is 0 Å². The molecule has 1 aromatic carbocycles. The summed E-state index contributed by atoms with van der Waals surface area (Å²) in [5.41, 5.74) is 0.550. The molecule has 1 atom stereocenters. The van der Waals surface area contributed by atoms with Crippen molar-refractivity contribution in [2.45, 2.75) is 31.4 Å². The number of aliphatic hydroxyl groups is 1. The van der Waals surface area contributed by atoms with E-state index in [0.29, 0.717) is 15.3 Å². The van der Waals surface area contributed by atoms with Crippen LogP contribution in [0.1, 0.15) is 28.3 Å². The maximum Gasteiger partial charge on any atom is 0.242 e. The molecule has 0 bridgehead atoms. The summed E-state index contributed by atoms with van der Waals surface area (Å²) in [6.07, 6.45) is 0. The van der Waals surface area contributed by atoms with Crippen LogP contribution in [0.2, 0.25) is 0 Å².